The Morgan fingerprint density at radius 2 is 1.53 bits per heavy atom. The maximum Gasteiger partial charge on any atom is 0.260 e. The number of nitrogens with zero attached hydrogens (tertiary/aromatic N) is 2. The first-order chi connectivity index (χ1) is 14.5. The van der Waals surface area contributed by atoms with E-state index in [4.69, 9.17) is 0 Å². The minimum Gasteiger partial charge on any atom is -0.304 e. The van der Waals surface area contributed by atoms with Gasteiger partial charge < -0.3 is 4.90 Å². The van der Waals surface area contributed by atoms with Gasteiger partial charge in [0.2, 0.25) is 0 Å². The molecule has 30 heavy (non-hydrogen) atoms. The average Bonchev–Trinajstić information content (AvgIpc) is 2.73. The van der Waals surface area contributed by atoms with Crippen molar-refractivity contribution in [3.63, 3.8) is 0 Å². The lowest BCUT2D eigenvalue weighted by atomic mass is 9.99. The lowest BCUT2D eigenvalue weighted by Gasteiger charge is -2.37. The van der Waals surface area contributed by atoms with E-state index in [0.29, 0.717) is 0 Å². The molecular formula is C25H30N4O. The van der Waals surface area contributed by atoms with E-state index in [1.165, 1.54) is 5.39 Å². The molecule has 156 valence electrons. The van der Waals surface area contributed by atoms with Crippen molar-refractivity contribution >= 4 is 22.4 Å². The number of hydrogen-bond acceptors (Lipinski definition) is 4. The zero-order chi connectivity index (χ0) is 21.1. The molecule has 1 unspecified atom stereocenters. The number of amides is 1. The van der Waals surface area contributed by atoms with Crippen LogP contribution in [-0.4, -0.2) is 48.9 Å². The molecule has 1 fully saturated rings. The van der Waals surface area contributed by atoms with Gasteiger partial charge in [-0.3, -0.25) is 20.5 Å². The molecule has 5 nitrogen and oxygen atoms in total. The first-order valence-electron chi connectivity index (χ1n) is 10.5. The Kier molecular flexibility index (Phi) is 6.02. The molecule has 0 radical (unpaired) electrons. The highest BCUT2D eigenvalue weighted by Gasteiger charge is 2.30. The summed E-state index contributed by atoms with van der Waals surface area (Å²) in [5.41, 5.74) is 10.3. The van der Waals surface area contributed by atoms with Gasteiger partial charge in [-0.25, -0.2) is 0 Å². The predicted octanol–water partition coefficient (Wildman–Crippen LogP) is 3.89. The summed E-state index contributed by atoms with van der Waals surface area (Å²) in [5, 5.41) is 2.34. The highest BCUT2D eigenvalue weighted by molar-refractivity contribution is 5.88. The predicted molar refractivity (Wildman–Crippen MR) is 123 cm³/mol. The van der Waals surface area contributed by atoms with E-state index in [9.17, 15) is 4.79 Å². The molecule has 3 aromatic rings. The van der Waals surface area contributed by atoms with Crippen LogP contribution in [0.1, 0.15) is 22.7 Å². The summed E-state index contributed by atoms with van der Waals surface area (Å²) in [5.74, 6) is -0.0333. The Hall–Kier alpha value is -2.89. The van der Waals surface area contributed by atoms with Crippen LogP contribution >= 0.6 is 0 Å². The Balaban J connectivity index is 1.59. The van der Waals surface area contributed by atoms with Crippen molar-refractivity contribution in [2.75, 3.05) is 38.7 Å². The third-order valence-electron chi connectivity index (χ3n) is 5.79. The zero-order valence-electron chi connectivity index (χ0n) is 18.0. The number of carbonyl (C=O) groups excluding carboxylic acids is 1. The SMILES string of the molecule is Cc1cc(C)cc(NNC(=O)C(c2ccc3ccccc3c2)N2CCN(C)CC2)c1. The Labute approximate surface area is 178 Å². The van der Waals surface area contributed by atoms with Gasteiger partial charge in [0.05, 0.1) is 5.69 Å². The molecule has 0 saturated carbocycles. The number of anilines is 1. The fourth-order valence-corrected chi connectivity index (χ4v) is 4.23. The fourth-order valence-electron chi connectivity index (χ4n) is 4.23. The van der Waals surface area contributed by atoms with Crippen LogP contribution in [0.3, 0.4) is 0 Å². The van der Waals surface area contributed by atoms with Crippen molar-refractivity contribution in [2.45, 2.75) is 19.9 Å². The van der Waals surface area contributed by atoms with E-state index in [1.807, 2.05) is 24.3 Å². The molecule has 1 aliphatic heterocycles. The van der Waals surface area contributed by atoms with E-state index in [0.717, 1.165) is 53.9 Å². The van der Waals surface area contributed by atoms with Gasteiger partial charge in [0.1, 0.15) is 6.04 Å². The van der Waals surface area contributed by atoms with Crippen molar-refractivity contribution < 1.29 is 4.79 Å². The summed E-state index contributed by atoms with van der Waals surface area (Å²) < 4.78 is 0. The van der Waals surface area contributed by atoms with Gasteiger partial charge in [0.15, 0.2) is 0 Å². The third kappa shape index (κ3) is 4.64. The van der Waals surface area contributed by atoms with E-state index in [-0.39, 0.29) is 11.9 Å². The molecule has 5 heteroatoms. The molecule has 4 rings (SSSR count). The van der Waals surface area contributed by atoms with Gasteiger partial charge in [-0.15, -0.1) is 0 Å². The van der Waals surface area contributed by atoms with E-state index in [2.05, 4.69) is 77.9 Å². The zero-order valence-corrected chi connectivity index (χ0v) is 18.0. The molecule has 1 saturated heterocycles. The van der Waals surface area contributed by atoms with Crippen molar-refractivity contribution in [1.82, 2.24) is 15.2 Å². The molecule has 1 amide bonds. The highest BCUT2D eigenvalue weighted by Crippen LogP contribution is 2.26. The number of piperazine rings is 1. The normalized spacial score (nSPS) is 16.4. The van der Waals surface area contributed by atoms with Crippen LogP contribution in [0.25, 0.3) is 10.8 Å². The topological polar surface area (TPSA) is 47.6 Å². The molecule has 1 heterocycles. The Bertz CT molecular complexity index is 1020. The second-order valence-electron chi connectivity index (χ2n) is 8.34. The number of rotatable bonds is 5. The number of hydrogen-bond donors (Lipinski definition) is 2. The summed E-state index contributed by atoms with van der Waals surface area (Å²) in [6.45, 7) is 7.77. The molecule has 0 bridgehead atoms. The molecule has 1 aliphatic rings. The molecular weight excluding hydrogens is 372 g/mol. The van der Waals surface area contributed by atoms with Crippen molar-refractivity contribution in [3.05, 3.63) is 77.4 Å². The molecule has 1 atom stereocenters. The average molecular weight is 403 g/mol. The molecule has 3 aromatic carbocycles. The Morgan fingerprint density at radius 1 is 0.867 bits per heavy atom. The van der Waals surface area contributed by atoms with Crippen LogP contribution in [-0.2, 0) is 4.79 Å². The highest BCUT2D eigenvalue weighted by atomic mass is 16.2. The number of hydrazine groups is 1. The van der Waals surface area contributed by atoms with Gasteiger partial charge in [-0.2, -0.15) is 0 Å². The largest absolute Gasteiger partial charge is 0.304 e. The first kappa shape index (κ1) is 20.4. The van der Waals surface area contributed by atoms with Gasteiger partial charge >= 0.3 is 0 Å². The molecule has 0 aromatic heterocycles. The molecule has 0 spiro atoms. The maximum atomic E-state index is 13.4. The molecule has 0 aliphatic carbocycles. The van der Waals surface area contributed by atoms with Crippen LogP contribution < -0.4 is 10.9 Å². The summed E-state index contributed by atoms with van der Waals surface area (Å²) in [4.78, 5) is 18.0. The van der Waals surface area contributed by atoms with Crippen LogP contribution in [0.15, 0.2) is 60.7 Å². The number of nitrogens with one attached hydrogen (secondary N) is 2. The number of fused-ring (bicyclic) bond motifs is 1. The second-order valence-corrected chi connectivity index (χ2v) is 8.34. The minimum atomic E-state index is -0.332. The smallest absolute Gasteiger partial charge is 0.260 e. The lowest BCUT2D eigenvalue weighted by Crippen LogP contribution is -2.50. The van der Waals surface area contributed by atoms with Gasteiger partial charge in [0, 0.05) is 26.2 Å². The standard InChI is InChI=1S/C25H30N4O/c1-18-14-19(2)16-23(15-18)26-27-25(30)24(29-12-10-28(3)11-13-29)22-9-8-20-6-4-5-7-21(20)17-22/h4-9,14-17,24,26H,10-13H2,1-3H3,(H,27,30). The maximum absolute atomic E-state index is 13.4. The van der Waals surface area contributed by atoms with Gasteiger partial charge in [-0.1, -0.05) is 42.5 Å². The van der Waals surface area contributed by atoms with E-state index >= 15 is 0 Å². The van der Waals surface area contributed by atoms with Gasteiger partial charge in [-0.05, 0) is 66.6 Å². The van der Waals surface area contributed by atoms with Crippen molar-refractivity contribution in [3.8, 4) is 0 Å². The number of likely N-dealkylation sites (N-methyl/N-ethyl adjacent to an activating group) is 1. The van der Waals surface area contributed by atoms with Crippen LogP contribution in [0.5, 0.6) is 0 Å². The van der Waals surface area contributed by atoms with Crippen molar-refractivity contribution in [2.24, 2.45) is 0 Å². The number of carbonyl (C=O) groups is 1. The van der Waals surface area contributed by atoms with E-state index < -0.39 is 0 Å². The fraction of sp³-hybridized carbons (Fsp3) is 0.320. The monoisotopic (exact) mass is 402 g/mol. The first-order valence-corrected chi connectivity index (χ1v) is 10.5. The summed E-state index contributed by atoms with van der Waals surface area (Å²) in [7, 11) is 2.13. The summed E-state index contributed by atoms with van der Waals surface area (Å²) in [6, 6.07) is 20.5. The molecule has 2 N–H and O–H groups in total. The van der Waals surface area contributed by atoms with Crippen LogP contribution in [0.2, 0.25) is 0 Å². The van der Waals surface area contributed by atoms with Crippen molar-refractivity contribution in [1.29, 1.82) is 0 Å². The number of aryl methyl sites for hydroxylation is 2. The Morgan fingerprint density at radius 3 is 2.23 bits per heavy atom. The number of benzene rings is 3. The summed E-state index contributed by atoms with van der Waals surface area (Å²) >= 11 is 0. The van der Waals surface area contributed by atoms with E-state index in [1.54, 1.807) is 0 Å². The quantitative estimate of drug-likeness (QED) is 0.636. The van der Waals surface area contributed by atoms with Crippen LogP contribution in [0, 0.1) is 13.8 Å². The lowest BCUT2D eigenvalue weighted by molar-refractivity contribution is -0.126. The third-order valence-corrected chi connectivity index (χ3v) is 5.79. The van der Waals surface area contributed by atoms with Gasteiger partial charge in [0.25, 0.3) is 5.91 Å². The summed E-state index contributed by atoms with van der Waals surface area (Å²) in [6.07, 6.45) is 0. The second kappa shape index (κ2) is 8.86. The minimum absolute atomic E-state index is 0.0333. The van der Waals surface area contributed by atoms with Crippen LogP contribution in [0.4, 0.5) is 5.69 Å².